The van der Waals surface area contributed by atoms with E-state index < -0.39 is 5.82 Å². The minimum absolute atomic E-state index is 0.190. The molecule has 1 aliphatic rings. The van der Waals surface area contributed by atoms with Gasteiger partial charge in [0, 0.05) is 11.6 Å². The normalized spacial score (nSPS) is 17.3. The highest BCUT2D eigenvalue weighted by molar-refractivity contribution is 5.29. The maximum absolute atomic E-state index is 14.2. The van der Waals surface area contributed by atoms with Gasteiger partial charge >= 0.3 is 0 Å². The van der Waals surface area contributed by atoms with E-state index in [0.717, 1.165) is 19.4 Å². The van der Waals surface area contributed by atoms with E-state index >= 15 is 0 Å². The van der Waals surface area contributed by atoms with E-state index in [4.69, 9.17) is 0 Å². The van der Waals surface area contributed by atoms with E-state index in [-0.39, 0.29) is 17.4 Å². The molecular formula is C16H23F2N. The fourth-order valence-electron chi connectivity index (χ4n) is 2.68. The van der Waals surface area contributed by atoms with Gasteiger partial charge in [0.1, 0.15) is 11.6 Å². The lowest BCUT2D eigenvalue weighted by Gasteiger charge is -2.31. The van der Waals surface area contributed by atoms with Gasteiger partial charge in [-0.05, 0) is 43.9 Å². The van der Waals surface area contributed by atoms with E-state index in [1.165, 1.54) is 31.4 Å². The Morgan fingerprint density at radius 3 is 2.63 bits per heavy atom. The van der Waals surface area contributed by atoms with Crippen molar-refractivity contribution in [1.82, 2.24) is 5.32 Å². The number of halogens is 2. The van der Waals surface area contributed by atoms with Crippen LogP contribution in [0.25, 0.3) is 0 Å². The number of aryl methyl sites for hydroxylation is 1. The van der Waals surface area contributed by atoms with Crippen LogP contribution in [0.15, 0.2) is 12.1 Å². The molecule has 1 atom stereocenters. The van der Waals surface area contributed by atoms with Crippen molar-refractivity contribution in [3.05, 3.63) is 34.9 Å². The van der Waals surface area contributed by atoms with Crippen LogP contribution in [0.1, 0.15) is 56.2 Å². The van der Waals surface area contributed by atoms with Crippen molar-refractivity contribution >= 4 is 0 Å². The summed E-state index contributed by atoms with van der Waals surface area (Å²) in [4.78, 5) is 0. The summed E-state index contributed by atoms with van der Waals surface area (Å²) in [6.07, 6.45) is 5.45. The van der Waals surface area contributed by atoms with E-state index in [0.29, 0.717) is 11.5 Å². The van der Waals surface area contributed by atoms with Crippen molar-refractivity contribution in [3.8, 4) is 0 Å². The third kappa shape index (κ3) is 3.33. The fourth-order valence-corrected chi connectivity index (χ4v) is 2.68. The van der Waals surface area contributed by atoms with Gasteiger partial charge in [-0.3, -0.25) is 0 Å². The number of hydrogen-bond acceptors (Lipinski definition) is 1. The van der Waals surface area contributed by atoms with Crippen molar-refractivity contribution in [1.29, 1.82) is 0 Å². The summed E-state index contributed by atoms with van der Waals surface area (Å²) in [7, 11) is 0. The van der Waals surface area contributed by atoms with E-state index in [2.05, 4.69) is 12.2 Å². The SMILES string of the molecule is CCCNC(CC1CCC1)c1c(F)ccc(C)c1F. The molecule has 0 bridgehead atoms. The molecular weight excluding hydrogens is 244 g/mol. The second-order valence-corrected chi connectivity index (χ2v) is 5.63. The zero-order chi connectivity index (χ0) is 13.8. The molecule has 0 aliphatic heterocycles. The summed E-state index contributed by atoms with van der Waals surface area (Å²) < 4.78 is 28.2. The fraction of sp³-hybridized carbons (Fsp3) is 0.625. The maximum Gasteiger partial charge on any atom is 0.133 e. The van der Waals surface area contributed by atoms with Gasteiger partial charge in [0.2, 0.25) is 0 Å². The molecule has 0 amide bonds. The van der Waals surface area contributed by atoms with Crippen molar-refractivity contribution in [2.45, 2.75) is 52.0 Å². The summed E-state index contributed by atoms with van der Waals surface area (Å²) in [5, 5.41) is 3.31. The molecule has 106 valence electrons. The third-order valence-corrected chi connectivity index (χ3v) is 4.10. The zero-order valence-corrected chi connectivity index (χ0v) is 11.8. The summed E-state index contributed by atoms with van der Waals surface area (Å²) in [6.45, 7) is 4.55. The Balaban J connectivity index is 2.22. The van der Waals surface area contributed by atoms with Crippen LogP contribution in [-0.4, -0.2) is 6.54 Å². The highest BCUT2D eigenvalue weighted by Crippen LogP contribution is 2.36. The topological polar surface area (TPSA) is 12.0 Å². The smallest absolute Gasteiger partial charge is 0.133 e. The van der Waals surface area contributed by atoms with Crippen molar-refractivity contribution in [3.63, 3.8) is 0 Å². The van der Waals surface area contributed by atoms with Crippen molar-refractivity contribution < 1.29 is 8.78 Å². The summed E-state index contributed by atoms with van der Waals surface area (Å²) in [5.74, 6) is -0.183. The van der Waals surface area contributed by atoms with Gasteiger partial charge in [0.05, 0.1) is 0 Å². The number of rotatable bonds is 6. The minimum Gasteiger partial charge on any atom is -0.310 e. The molecule has 1 saturated carbocycles. The van der Waals surface area contributed by atoms with Crippen LogP contribution in [0.2, 0.25) is 0 Å². The predicted octanol–water partition coefficient (Wildman–Crippen LogP) is 4.50. The van der Waals surface area contributed by atoms with Crippen molar-refractivity contribution in [2.24, 2.45) is 5.92 Å². The average molecular weight is 267 g/mol. The van der Waals surface area contributed by atoms with Crippen LogP contribution in [-0.2, 0) is 0 Å². The molecule has 1 aliphatic carbocycles. The van der Waals surface area contributed by atoms with Gasteiger partial charge in [-0.2, -0.15) is 0 Å². The number of nitrogens with one attached hydrogen (secondary N) is 1. The standard InChI is InChI=1S/C16H23F2N/c1-3-9-19-14(10-12-5-4-6-12)15-13(17)8-7-11(2)16(15)18/h7-8,12,14,19H,3-6,9-10H2,1-2H3. The molecule has 1 aromatic carbocycles. The maximum atomic E-state index is 14.2. The van der Waals surface area contributed by atoms with Gasteiger partial charge in [-0.25, -0.2) is 8.78 Å². The lowest BCUT2D eigenvalue weighted by molar-refractivity contribution is 0.256. The Morgan fingerprint density at radius 2 is 2.05 bits per heavy atom. The molecule has 0 saturated heterocycles. The van der Waals surface area contributed by atoms with Crippen LogP contribution in [0.4, 0.5) is 8.78 Å². The molecule has 19 heavy (non-hydrogen) atoms. The largest absolute Gasteiger partial charge is 0.310 e. The molecule has 0 radical (unpaired) electrons. The van der Waals surface area contributed by atoms with Crippen LogP contribution in [0.5, 0.6) is 0 Å². The highest BCUT2D eigenvalue weighted by Gasteiger charge is 2.27. The predicted molar refractivity (Wildman–Crippen MR) is 74.1 cm³/mol. The highest BCUT2D eigenvalue weighted by atomic mass is 19.1. The Labute approximate surface area is 114 Å². The van der Waals surface area contributed by atoms with Gasteiger partial charge in [0.15, 0.2) is 0 Å². The lowest BCUT2D eigenvalue weighted by atomic mass is 9.79. The Hall–Kier alpha value is -0.960. The molecule has 1 unspecified atom stereocenters. The molecule has 0 heterocycles. The van der Waals surface area contributed by atoms with E-state index in [1.807, 2.05) is 0 Å². The first-order valence-corrected chi connectivity index (χ1v) is 7.31. The van der Waals surface area contributed by atoms with Crippen LogP contribution < -0.4 is 5.32 Å². The second-order valence-electron chi connectivity index (χ2n) is 5.63. The molecule has 2 rings (SSSR count). The number of hydrogen-bond donors (Lipinski definition) is 1. The second kappa shape index (κ2) is 6.47. The molecule has 1 fully saturated rings. The van der Waals surface area contributed by atoms with Gasteiger partial charge < -0.3 is 5.32 Å². The Morgan fingerprint density at radius 1 is 1.32 bits per heavy atom. The zero-order valence-electron chi connectivity index (χ0n) is 11.8. The average Bonchev–Trinajstić information content (AvgIpc) is 2.34. The Bertz CT molecular complexity index is 427. The van der Waals surface area contributed by atoms with Gasteiger partial charge in [0.25, 0.3) is 0 Å². The third-order valence-electron chi connectivity index (χ3n) is 4.10. The summed E-state index contributed by atoms with van der Waals surface area (Å²) in [5.41, 5.74) is 0.758. The summed E-state index contributed by atoms with van der Waals surface area (Å²) in [6, 6.07) is 2.70. The van der Waals surface area contributed by atoms with E-state index in [1.54, 1.807) is 6.92 Å². The van der Waals surface area contributed by atoms with E-state index in [9.17, 15) is 8.78 Å². The van der Waals surface area contributed by atoms with Gasteiger partial charge in [-0.1, -0.05) is 32.3 Å². The number of benzene rings is 1. The first-order valence-electron chi connectivity index (χ1n) is 7.31. The van der Waals surface area contributed by atoms with Crippen LogP contribution in [0.3, 0.4) is 0 Å². The first kappa shape index (κ1) is 14.4. The lowest BCUT2D eigenvalue weighted by Crippen LogP contribution is -2.28. The molecule has 3 heteroatoms. The van der Waals surface area contributed by atoms with Crippen LogP contribution >= 0.6 is 0 Å². The molecule has 0 spiro atoms. The quantitative estimate of drug-likeness (QED) is 0.800. The van der Waals surface area contributed by atoms with Gasteiger partial charge in [-0.15, -0.1) is 0 Å². The first-order chi connectivity index (χ1) is 9.13. The molecule has 0 aromatic heterocycles. The summed E-state index contributed by atoms with van der Waals surface area (Å²) >= 11 is 0. The molecule has 1 aromatic rings. The minimum atomic E-state index is -0.420. The molecule has 1 nitrogen and oxygen atoms in total. The molecule has 1 N–H and O–H groups in total. The van der Waals surface area contributed by atoms with Crippen molar-refractivity contribution in [2.75, 3.05) is 6.54 Å². The van der Waals surface area contributed by atoms with Crippen LogP contribution in [0, 0.1) is 24.5 Å². The Kier molecular flexibility index (Phi) is 4.92. The monoisotopic (exact) mass is 267 g/mol.